The molecule has 6 heteroatoms. The molecule has 1 fully saturated rings. The number of hydrogen-bond acceptors (Lipinski definition) is 5. The van der Waals surface area contributed by atoms with E-state index >= 15 is 0 Å². The molecule has 0 aliphatic carbocycles. The first-order chi connectivity index (χ1) is 7.55. The predicted molar refractivity (Wildman–Crippen MR) is 63.9 cm³/mol. The van der Waals surface area contributed by atoms with Crippen LogP contribution in [0.4, 0.5) is 11.5 Å². The van der Waals surface area contributed by atoms with Gasteiger partial charge in [-0.2, -0.15) is 0 Å². The lowest BCUT2D eigenvalue weighted by atomic mass is 10.2. The summed E-state index contributed by atoms with van der Waals surface area (Å²) >= 11 is 0. The quantitative estimate of drug-likeness (QED) is 0.794. The van der Waals surface area contributed by atoms with E-state index in [9.17, 15) is 8.42 Å². The van der Waals surface area contributed by atoms with Crippen LogP contribution in [0.2, 0.25) is 0 Å². The largest absolute Gasteiger partial charge is 0.399 e. The molecule has 5 nitrogen and oxygen atoms in total. The summed E-state index contributed by atoms with van der Waals surface area (Å²) < 4.78 is 22.9. The Kier molecular flexibility index (Phi) is 3.00. The zero-order valence-electron chi connectivity index (χ0n) is 8.89. The Morgan fingerprint density at radius 3 is 3.00 bits per heavy atom. The Labute approximate surface area is 95.0 Å². The summed E-state index contributed by atoms with van der Waals surface area (Å²) in [6, 6.07) is 3.36. The van der Waals surface area contributed by atoms with Crippen LogP contribution in [-0.4, -0.2) is 30.9 Å². The number of hydrogen-bond donors (Lipinski definition) is 2. The number of rotatable bonds is 2. The second-order valence-corrected chi connectivity index (χ2v) is 6.30. The highest BCUT2D eigenvalue weighted by Crippen LogP contribution is 2.17. The molecule has 1 unspecified atom stereocenters. The number of nitrogens with zero attached hydrogens (tertiary/aromatic N) is 1. The maximum Gasteiger partial charge on any atom is 0.152 e. The van der Waals surface area contributed by atoms with Crippen LogP contribution in [0.1, 0.15) is 12.8 Å². The van der Waals surface area contributed by atoms with Gasteiger partial charge in [0, 0.05) is 24.0 Å². The molecule has 1 atom stereocenters. The van der Waals surface area contributed by atoms with E-state index in [-0.39, 0.29) is 11.8 Å². The van der Waals surface area contributed by atoms with Crippen molar-refractivity contribution in [2.24, 2.45) is 0 Å². The van der Waals surface area contributed by atoms with Crippen molar-refractivity contribution in [1.82, 2.24) is 4.98 Å². The Morgan fingerprint density at radius 1 is 1.50 bits per heavy atom. The van der Waals surface area contributed by atoms with Crippen LogP contribution in [-0.2, 0) is 9.84 Å². The lowest BCUT2D eigenvalue weighted by Crippen LogP contribution is -2.35. The number of anilines is 2. The van der Waals surface area contributed by atoms with Gasteiger partial charge in [-0.15, -0.1) is 0 Å². The Morgan fingerprint density at radius 2 is 2.31 bits per heavy atom. The molecule has 0 amide bonds. The molecule has 0 radical (unpaired) electrons. The van der Waals surface area contributed by atoms with Gasteiger partial charge in [0.05, 0.1) is 11.5 Å². The van der Waals surface area contributed by atoms with Gasteiger partial charge >= 0.3 is 0 Å². The Balaban J connectivity index is 2.05. The van der Waals surface area contributed by atoms with E-state index in [0.29, 0.717) is 23.7 Å². The number of nitrogen functional groups attached to an aromatic ring is 1. The zero-order chi connectivity index (χ0) is 11.6. The normalized spacial score (nSPS) is 23.9. The van der Waals surface area contributed by atoms with E-state index < -0.39 is 9.84 Å². The van der Waals surface area contributed by atoms with Crippen LogP contribution in [0.25, 0.3) is 0 Å². The summed E-state index contributed by atoms with van der Waals surface area (Å²) in [5, 5.41) is 3.11. The van der Waals surface area contributed by atoms with Crippen molar-refractivity contribution >= 4 is 21.3 Å². The van der Waals surface area contributed by atoms with Crippen LogP contribution >= 0.6 is 0 Å². The first kappa shape index (κ1) is 11.2. The van der Waals surface area contributed by atoms with Crippen LogP contribution in [0.3, 0.4) is 0 Å². The number of nitrogens with two attached hydrogens (primary N) is 1. The average molecular weight is 241 g/mol. The lowest BCUT2D eigenvalue weighted by Gasteiger charge is -2.23. The molecule has 1 aliphatic rings. The third-order valence-electron chi connectivity index (χ3n) is 2.60. The molecule has 1 aromatic heterocycles. The molecule has 1 aromatic rings. The van der Waals surface area contributed by atoms with E-state index in [2.05, 4.69) is 10.3 Å². The molecular formula is C10H15N3O2S. The monoisotopic (exact) mass is 241 g/mol. The highest BCUT2D eigenvalue weighted by Gasteiger charge is 2.24. The smallest absolute Gasteiger partial charge is 0.152 e. The van der Waals surface area contributed by atoms with Gasteiger partial charge in [0.1, 0.15) is 5.82 Å². The van der Waals surface area contributed by atoms with Gasteiger partial charge in [0.15, 0.2) is 9.84 Å². The molecule has 16 heavy (non-hydrogen) atoms. The van der Waals surface area contributed by atoms with Crippen LogP contribution in [0.5, 0.6) is 0 Å². The first-order valence-electron chi connectivity index (χ1n) is 5.24. The van der Waals surface area contributed by atoms with E-state index in [1.165, 1.54) is 0 Å². The molecule has 0 saturated carbocycles. The fourth-order valence-electron chi connectivity index (χ4n) is 1.87. The highest BCUT2D eigenvalue weighted by molar-refractivity contribution is 7.91. The molecule has 1 saturated heterocycles. The van der Waals surface area contributed by atoms with Gasteiger partial charge in [-0.3, -0.25) is 0 Å². The van der Waals surface area contributed by atoms with E-state index in [1.807, 2.05) is 0 Å². The van der Waals surface area contributed by atoms with Crippen LogP contribution < -0.4 is 11.1 Å². The standard InChI is InChI=1S/C10H15N3O2S/c11-8-3-4-12-10(6-8)13-9-2-1-5-16(14,15)7-9/h3-4,6,9H,1-2,5,7H2,(H3,11,12,13). The number of aromatic nitrogens is 1. The maximum absolute atomic E-state index is 11.4. The summed E-state index contributed by atoms with van der Waals surface area (Å²) in [5.41, 5.74) is 6.24. The summed E-state index contributed by atoms with van der Waals surface area (Å²) in [5.74, 6) is 1.13. The molecule has 2 heterocycles. The van der Waals surface area contributed by atoms with E-state index in [0.717, 1.165) is 6.42 Å². The Bertz CT molecular complexity index is 473. The summed E-state index contributed by atoms with van der Waals surface area (Å²) in [4.78, 5) is 4.10. The van der Waals surface area contributed by atoms with Gasteiger partial charge in [0.2, 0.25) is 0 Å². The minimum absolute atomic E-state index is 0.0481. The third kappa shape index (κ3) is 2.85. The fourth-order valence-corrected chi connectivity index (χ4v) is 3.51. The zero-order valence-corrected chi connectivity index (χ0v) is 9.70. The van der Waals surface area contributed by atoms with Gasteiger partial charge in [-0.05, 0) is 18.9 Å². The van der Waals surface area contributed by atoms with Gasteiger partial charge in [0.25, 0.3) is 0 Å². The summed E-state index contributed by atoms with van der Waals surface area (Å²) in [6.45, 7) is 0. The van der Waals surface area contributed by atoms with E-state index in [4.69, 9.17) is 5.73 Å². The summed E-state index contributed by atoms with van der Waals surface area (Å²) in [7, 11) is -2.88. The fraction of sp³-hybridized carbons (Fsp3) is 0.500. The maximum atomic E-state index is 11.4. The minimum Gasteiger partial charge on any atom is -0.399 e. The molecule has 3 N–H and O–H groups in total. The molecule has 0 aromatic carbocycles. The van der Waals surface area contributed by atoms with Crippen molar-refractivity contribution in [3.63, 3.8) is 0 Å². The van der Waals surface area contributed by atoms with Crippen molar-refractivity contribution in [2.45, 2.75) is 18.9 Å². The Hall–Kier alpha value is -1.30. The van der Waals surface area contributed by atoms with Crippen molar-refractivity contribution in [2.75, 3.05) is 22.6 Å². The predicted octanol–water partition coefficient (Wildman–Crippen LogP) is 0.653. The van der Waals surface area contributed by atoms with Crippen LogP contribution in [0, 0.1) is 0 Å². The van der Waals surface area contributed by atoms with Crippen LogP contribution in [0.15, 0.2) is 18.3 Å². The van der Waals surface area contributed by atoms with Crippen molar-refractivity contribution in [3.8, 4) is 0 Å². The summed E-state index contributed by atoms with van der Waals surface area (Å²) in [6.07, 6.45) is 3.17. The topological polar surface area (TPSA) is 85.1 Å². The van der Waals surface area contributed by atoms with E-state index in [1.54, 1.807) is 18.3 Å². The lowest BCUT2D eigenvalue weighted by molar-refractivity contribution is 0.561. The van der Waals surface area contributed by atoms with Gasteiger partial charge in [-0.25, -0.2) is 13.4 Å². The molecule has 1 aliphatic heterocycles. The molecule has 0 bridgehead atoms. The third-order valence-corrected chi connectivity index (χ3v) is 4.42. The van der Waals surface area contributed by atoms with Gasteiger partial charge in [-0.1, -0.05) is 0 Å². The molecular weight excluding hydrogens is 226 g/mol. The SMILES string of the molecule is Nc1ccnc(NC2CCCS(=O)(=O)C2)c1. The number of sulfone groups is 1. The number of pyridine rings is 1. The second-order valence-electron chi connectivity index (χ2n) is 4.07. The van der Waals surface area contributed by atoms with Crippen molar-refractivity contribution < 1.29 is 8.42 Å². The molecule has 2 rings (SSSR count). The minimum atomic E-state index is -2.88. The first-order valence-corrected chi connectivity index (χ1v) is 7.06. The number of nitrogens with one attached hydrogen (secondary N) is 1. The van der Waals surface area contributed by atoms with Crippen molar-refractivity contribution in [3.05, 3.63) is 18.3 Å². The highest BCUT2D eigenvalue weighted by atomic mass is 32.2. The second kappa shape index (κ2) is 4.29. The molecule has 88 valence electrons. The molecule has 0 spiro atoms. The average Bonchev–Trinajstić information content (AvgIpc) is 2.15. The van der Waals surface area contributed by atoms with Crippen molar-refractivity contribution in [1.29, 1.82) is 0 Å². The van der Waals surface area contributed by atoms with Gasteiger partial charge < -0.3 is 11.1 Å².